The van der Waals surface area contributed by atoms with Crippen molar-refractivity contribution >= 4 is 5.97 Å². The number of carbonyl (C=O) groups excluding carboxylic acids is 1. The molecule has 0 N–H and O–H groups in total. The molecule has 0 aliphatic heterocycles. The van der Waals surface area contributed by atoms with Crippen LogP contribution in [0.15, 0.2) is 0 Å². The molecule has 0 saturated heterocycles. The van der Waals surface area contributed by atoms with E-state index in [0.29, 0.717) is 13.0 Å². The maximum Gasteiger partial charge on any atom is 0.305 e. The number of unbranched alkanes of at least 4 members (excludes halogenated alkanes) is 44. The number of carbonyl (C=O) groups is 1. The topological polar surface area (TPSA) is 26.3 Å². The Morgan fingerprint density at radius 3 is 0.623 bits per heavy atom. The van der Waals surface area contributed by atoms with E-state index in [0.717, 1.165) is 12.8 Å². The molecule has 0 aromatic carbocycles. The molecule has 0 aromatic heterocycles. The third-order valence-electron chi connectivity index (χ3n) is 12.0. The van der Waals surface area contributed by atoms with E-state index in [-0.39, 0.29) is 5.97 Å². The monoisotopic (exact) mass is 747 g/mol. The Balaban J connectivity index is 3.12. The molecule has 0 aromatic rings. The Morgan fingerprint density at radius 2 is 0.415 bits per heavy atom. The van der Waals surface area contributed by atoms with Crippen molar-refractivity contribution in [2.45, 2.75) is 316 Å². The van der Waals surface area contributed by atoms with Crippen LogP contribution in [0.4, 0.5) is 0 Å². The minimum Gasteiger partial charge on any atom is -0.466 e. The van der Waals surface area contributed by atoms with Gasteiger partial charge in [-0.2, -0.15) is 0 Å². The summed E-state index contributed by atoms with van der Waals surface area (Å²) in [6.07, 6.45) is 65.4. The molecule has 0 atom stereocenters. The minimum atomic E-state index is 0.0315. The van der Waals surface area contributed by atoms with Gasteiger partial charge in [0.15, 0.2) is 0 Å². The zero-order valence-electron chi connectivity index (χ0n) is 37.3. The zero-order valence-corrected chi connectivity index (χ0v) is 37.3. The van der Waals surface area contributed by atoms with Crippen LogP contribution in [0.5, 0.6) is 0 Å². The first-order valence-corrected chi connectivity index (χ1v) is 25.5. The van der Waals surface area contributed by atoms with Gasteiger partial charge >= 0.3 is 5.97 Å². The molecule has 0 amide bonds. The summed E-state index contributed by atoms with van der Waals surface area (Å²) in [5, 5.41) is 0. The molecule has 318 valence electrons. The van der Waals surface area contributed by atoms with Crippen molar-refractivity contribution in [3.8, 4) is 0 Å². The van der Waals surface area contributed by atoms with E-state index in [1.807, 2.05) is 0 Å². The lowest BCUT2D eigenvalue weighted by Gasteiger charge is -2.06. The fourth-order valence-corrected chi connectivity index (χ4v) is 8.20. The van der Waals surface area contributed by atoms with Crippen LogP contribution in [-0.4, -0.2) is 12.6 Å². The summed E-state index contributed by atoms with van der Waals surface area (Å²) in [5.74, 6) is 0.0315. The van der Waals surface area contributed by atoms with E-state index < -0.39 is 0 Å². The molecule has 2 heteroatoms. The van der Waals surface area contributed by atoms with Crippen LogP contribution in [0.3, 0.4) is 0 Å². The molecule has 0 unspecified atom stereocenters. The second-order valence-electron chi connectivity index (χ2n) is 17.5. The van der Waals surface area contributed by atoms with Gasteiger partial charge in [-0.15, -0.1) is 0 Å². The number of hydrogen-bond donors (Lipinski definition) is 0. The molecular formula is C51H102O2. The third-order valence-corrected chi connectivity index (χ3v) is 12.0. The van der Waals surface area contributed by atoms with Crippen molar-refractivity contribution in [3.05, 3.63) is 0 Å². The highest BCUT2D eigenvalue weighted by Crippen LogP contribution is 2.18. The normalized spacial score (nSPS) is 11.5. The molecule has 0 bridgehead atoms. The molecule has 0 spiro atoms. The number of hydrogen-bond acceptors (Lipinski definition) is 2. The van der Waals surface area contributed by atoms with E-state index in [4.69, 9.17) is 4.74 Å². The van der Waals surface area contributed by atoms with Crippen LogP contribution in [0, 0.1) is 0 Å². The van der Waals surface area contributed by atoms with Crippen LogP contribution in [0.25, 0.3) is 0 Å². The molecule has 0 aliphatic rings. The van der Waals surface area contributed by atoms with E-state index >= 15 is 0 Å². The van der Waals surface area contributed by atoms with Crippen LogP contribution >= 0.6 is 0 Å². The first kappa shape index (κ1) is 52.5. The van der Waals surface area contributed by atoms with Gasteiger partial charge in [0.2, 0.25) is 0 Å². The van der Waals surface area contributed by atoms with Crippen molar-refractivity contribution < 1.29 is 9.53 Å². The van der Waals surface area contributed by atoms with Gasteiger partial charge in [0, 0.05) is 6.42 Å². The molecule has 0 radical (unpaired) electrons. The highest BCUT2D eigenvalue weighted by Gasteiger charge is 2.03. The van der Waals surface area contributed by atoms with Crippen molar-refractivity contribution in [3.63, 3.8) is 0 Å². The fourth-order valence-electron chi connectivity index (χ4n) is 8.20. The minimum absolute atomic E-state index is 0.0315. The van der Waals surface area contributed by atoms with Crippen LogP contribution in [-0.2, 0) is 9.53 Å². The smallest absolute Gasteiger partial charge is 0.305 e. The third kappa shape index (κ3) is 49.5. The quantitative estimate of drug-likeness (QED) is 0.0458. The van der Waals surface area contributed by atoms with E-state index in [1.165, 1.54) is 283 Å². The van der Waals surface area contributed by atoms with Crippen LogP contribution in [0.1, 0.15) is 316 Å². The molecule has 0 saturated carbocycles. The van der Waals surface area contributed by atoms with Gasteiger partial charge < -0.3 is 4.74 Å². The average Bonchev–Trinajstić information content (AvgIpc) is 3.16. The molecule has 0 fully saturated rings. The van der Waals surface area contributed by atoms with Crippen molar-refractivity contribution in [2.24, 2.45) is 0 Å². The lowest BCUT2D eigenvalue weighted by molar-refractivity contribution is -0.143. The number of ether oxygens (including phenoxy) is 1. The molecule has 0 rings (SSSR count). The van der Waals surface area contributed by atoms with Gasteiger partial charge in [-0.1, -0.05) is 296 Å². The summed E-state index contributed by atoms with van der Waals surface area (Å²) in [5.41, 5.74) is 0. The second-order valence-corrected chi connectivity index (χ2v) is 17.5. The first-order valence-electron chi connectivity index (χ1n) is 25.5. The molecular weight excluding hydrogens is 645 g/mol. The highest BCUT2D eigenvalue weighted by molar-refractivity contribution is 5.69. The van der Waals surface area contributed by atoms with E-state index in [2.05, 4.69) is 13.8 Å². The van der Waals surface area contributed by atoms with Gasteiger partial charge in [-0.05, 0) is 12.8 Å². The Morgan fingerprint density at radius 1 is 0.245 bits per heavy atom. The number of esters is 1. The van der Waals surface area contributed by atoms with Gasteiger partial charge in [0.05, 0.1) is 6.61 Å². The molecule has 2 nitrogen and oxygen atoms in total. The maximum atomic E-state index is 12.0. The van der Waals surface area contributed by atoms with Crippen LogP contribution < -0.4 is 0 Å². The highest BCUT2D eigenvalue weighted by atomic mass is 16.5. The largest absolute Gasteiger partial charge is 0.466 e. The lowest BCUT2D eigenvalue weighted by atomic mass is 10.0. The van der Waals surface area contributed by atoms with Crippen molar-refractivity contribution in [2.75, 3.05) is 6.61 Å². The summed E-state index contributed by atoms with van der Waals surface area (Å²) >= 11 is 0. The molecule has 0 heterocycles. The van der Waals surface area contributed by atoms with Gasteiger partial charge in [0.25, 0.3) is 0 Å². The van der Waals surface area contributed by atoms with Gasteiger partial charge in [-0.25, -0.2) is 0 Å². The standard InChI is InChI=1S/C51H102O2/c1-3-5-7-9-11-13-15-17-18-19-20-21-22-23-24-25-26-27-28-29-30-31-32-33-34-35-36-37-38-39-41-43-45-47-49-51(52)53-50-48-46-44-42-40-16-14-12-10-8-6-4-2/h3-50H2,1-2H3. The Kier molecular flexibility index (Phi) is 49.0. The summed E-state index contributed by atoms with van der Waals surface area (Å²) in [4.78, 5) is 12.0. The SMILES string of the molecule is CCCCCCCCCCCCCCCCCCCCCCCCCCCCCCCCCCCCC(=O)OCCCCCCCCCCCCCC. The lowest BCUT2D eigenvalue weighted by Crippen LogP contribution is -2.05. The average molecular weight is 747 g/mol. The Hall–Kier alpha value is -0.530. The Bertz CT molecular complexity index is 644. The summed E-state index contributed by atoms with van der Waals surface area (Å²) in [6, 6.07) is 0. The fraction of sp³-hybridized carbons (Fsp3) is 0.980. The van der Waals surface area contributed by atoms with Crippen molar-refractivity contribution in [1.82, 2.24) is 0 Å². The predicted octanol–water partition coefficient (Wildman–Crippen LogP) is 18.9. The second kappa shape index (κ2) is 49.5. The number of rotatable bonds is 48. The van der Waals surface area contributed by atoms with Crippen LogP contribution in [0.2, 0.25) is 0 Å². The first-order chi connectivity index (χ1) is 26.3. The zero-order chi connectivity index (χ0) is 38.2. The van der Waals surface area contributed by atoms with Gasteiger partial charge in [-0.3, -0.25) is 4.79 Å². The van der Waals surface area contributed by atoms with E-state index in [1.54, 1.807) is 0 Å². The summed E-state index contributed by atoms with van der Waals surface area (Å²) in [7, 11) is 0. The van der Waals surface area contributed by atoms with Gasteiger partial charge in [0.1, 0.15) is 0 Å². The summed E-state index contributed by atoms with van der Waals surface area (Å²) < 4.78 is 5.47. The molecule has 53 heavy (non-hydrogen) atoms. The summed E-state index contributed by atoms with van der Waals surface area (Å²) in [6.45, 7) is 5.23. The van der Waals surface area contributed by atoms with Crippen molar-refractivity contribution in [1.29, 1.82) is 0 Å². The van der Waals surface area contributed by atoms with E-state index in [9.17, 15) is 4.79 Å². The Labute approximate surface area is 336 Å². The maximum absolute atomic E-state index is 12.0. The molecule has 0 aliphatic carbocycles. The predicted molar refractivity (Wildman–Crippen MR) is 239 cm³/mol.